The van der Waals surface area contributed by atoms with Gasteiger partial charge < -0.3 is 20.9 Å². The van der Waals surface area contributed by atoms with Crippen LogP contribution in [0.2, 0.25) is 0 Å². The molecule has 6 nitrogen and oxygen atoms in total. The number of nitrogens with zero attached hydrogens (tertiary/aromatic N) is 2. The zero-order valence-electron chi connectivity index (χ0n) is 11.3. The van der Waals surface area contributed by atoms with Crippen molar-refractivity contribution in [3.8, 4) is 11.3 Å². The first-order valence-electron chi connectivity index (χ1n) is 6.32. The minimum Gasteiger partial charge on any atom is -0.394 e. The van der Waals surface area contributed by atoms with E-state index >= 15 is 0 Å². The molecule has 0 saturated carbocycles. The number of hydrogen-bond acceptors (Lipinski definition) is 8. The first kappa shape index (κ1) is 15.2. The number of nitrogens with two attached hydrogens (primary N) is 1. The number of nitrogens with one attached hydrogen (secondary N) is 1. The Hall–Kier alpha value is -1.22. The zero-order valence-corrected chi connectivity index (χ0v) is 12.9. The zero-order chi connectivity index (χ0) is 14.4. The molecular weight excluding hydrogens is 296 g/mol. The van der Waals surface area contributed by atoms with E-state index in [2.05, 4.69) is 14.7 Å². The van der Waals surface area contributed by atoms with Crippen molar-refractivity contribution in [1.82, 2.24) is 9.36 Å². The lowest BCUT2D eigenvalue weighted by atomic mass is 10.2. The van der Waals surface area contributed by atoms with Crippen molar-refractivity contribution in [2.24, 2.45) is 0 Å². The van der Waals surface area contributed by atoms with Crippen molar-refractivity contribution in [3.63, 3.8) is 0 Å². The van der Waals surface area contributed by atoms with Gasteiger partial charge in [-0.1, -0.05) is 0 Å². The first-order chi connectivity index (χ1) is 9.72. The number of nitrogen functional groups attached to an aromatic ring is 1. The lowest BCUT2D eigenvalue weighted by Crippen LogP contribution is -2.07. The predicted octanol–water partition coefficient (Wildman–Crippen LogP) is 1.97. The highest BCUT2D eigenvalue weighted by atomic mass is 32.1. The number of thiazole rings is 1. The van der Waals surface area contributed by atoms with Crippen LogP contribution in [0.15, 0.2) is 5.38 Å². The summed E-state index contributed by atoms with van der Waals surface area (Å²) in [4.78, 5) is 4.46. The average Bonchev–Trinajstić information content (AvgIpc) is 3.00. The Labute approximate surface area is 125 Å². The Balaban J connectivity index is 1.92. The van der Waals surface area contributed by atoms with Gasteiger partial charge in [-0.2, -0.15) is 4.37 Å². The molecule has 110 valence electrons. The highest BCUT2D eigenvalue weighted by molar-refractivity contribution is 7.11. The quantitative estimate of drug-likeness (QED) is 0.645. The Morgan fingerprint density at radius 2 is 2.30 bits per heavy atom. The molecule has 0 aliphatic rings. The van der Waals surface area contributed by atoms with Crippen LogP contribution in [0.4, 0.5) is 10.8 Å². The van der Waals surface area contributed by atoms with Crippen molar-refractivity contribution in [1.29, 1.82) is 0 Å². The molecule has 0 aliphatic heterocycles. The summed E-state index contributed by atoms with van der Waals surface area (Å²) in [6.45, 7) is 3.80. The van der Waals surface area contributed by atoms with Gasteiger partial charge in [0.15, 0.2) is 0 Å². The third-order valence-corrected chi connectivity index (χ3v) is 4.17. The van der Waals surface area contributed by atoms with Gasteiger partial charge in [0.05, 0.1) is 29.5 Å². The minimum absolute atomic E-state index is 0.0616. The molecule has 0 bridgehead atoms. The topological polar surface area (TPSA) is 93.3 Å². The molecule has 0 aliphatic carbocycles. The van der Waals surface area contributed by atoms with Gasteiger partial charge in [0.1, 0.15) is 10.8 Å². The molecule has 0 fully saturated rings. The van der Waals surface area contributed by atoms with Crippen LogP contribution >= 0.6 is 22.9 Å². The second kappa shape index (κ2) is 7.53. The molecule has 2 aromatic heterocycles. The Kier molecular flexibility index (Phi) is 5.72. The maximum atomic E-state index is 8.60. The van der Waals surface area contributed by atoms with Gasteiger partial charge >= 0.3 is 0 Å². The van der Waals surface area contributed by atoms with Gasteiger partial charge in [0, 0.05) is 18.5 Å². The highest BCUT2D eigenvalue weighted by Gasteiger charge is 2.15. The maximum Gasteiger partial charge on any atom is 0.148 e. The summed E-state index contributed by atoms with van der Waals surface area (Å²) in [5, 5.41) is 15.9. The minimum atomic E-state index is 0.0616. The standard InChI is InChI=1S/C12H18N4O2S2/c1-8-15-9(7-19-8)10-11(13)16-20-12(10)14-3-2-5-18-6-4-17/h7,14,17H,2-6H2,1H3,(H2,13,16). The monoisotopic (exact) mass is 314 g/mol. The molecule has 0 spiro atoms. The van der Waals surface area contributed by atoms with Crippen LogP contribution in [0.1, 0.15) is 11.4 Å². The molecule has 0 saturated heterocycles. The second-order valence-corrected chi connectivity index (χ2v) is 5.98. The molecule has 0 amide bonds. The smallest absolute Gasteiger partial charge is 0.148 e. The summed E-state index contributed by atoms with van der Waals surface area (Å²) in [5.41, 5.74) is 7.68. The van der Waals surface area contributed by atoms with Gasteiger partial charge in [-0.25, -0.2) is 4.98 Å². The molecule has 8 heteroatoms. The molecule has 20 heavy (non-hydrogen) atoms. The van der Waals surface area contributed by atoms with Crippen molar-refractivity contribution in [3.05, 3.63) is 10.4 Å². The molecule has 2 aromatic rings. The summed E-state index contributed by atoms with van der Waals surface area (Å²) in [5.74, 6) is 0.513. The molecule has 2 rings (SSSR count). The lowest BCUT2D eigenvalue weighted by molar-refractivity contribution is 0.0922. The van der Waals surface area contributed by atoms with Crippen molar-refractivity contribution in [2.75, 3.05) is 37.4 Å². The summed E-state index contributed by atoms with van der Waals surface area (Å²) in [6.07, 6.45) is 0.855. The summed E-state index contributed by atoms with van der Waals surface area (Å²) in [7, 11) is 0. The van der Waals surface area contributed by atoms with Crippen LogP contribution < -0.4 is 11.1 Å². The van der Waals surface area contributed by atoms with E-state index in [0.29, 0.717) is 19.0 Å². The Bertz CT molecular complexity index is 541. The number of anilines is 2. The Morgan fingerprint density at radius 1 is 1.45 bits per heavy atom. The van der Waals surface area contributed by atoms with Crippen LogP contribution in [0.5, 0.6) is 0 Å². The third-order valence-electron chi connectivity index (χ3n) is 2.58. The molecule has 0 aromatic carbocycles. The number of aromatic nitrogens is 2. The molecular formula is C12H18N4O2S2. The normalized spacial score (nSPS) is 10.9. The van der Waals surface area contributed by atoms with E-state index in [1.165, 1.54) is 11.5 Å². The van der Waals surface area contributed by atoms with Crippen molar-refractivity contribution < 1.29 is 9.84 Å². The van der Waals surface area contributed by atoms with E-state index in [1.807, 2.05) is 12.3 Å². The molecule has 0 radical (unpaired) electrons. The molecule has 2 heterocycles. The fourth-order valence-corrected chi connectivity index (χ4v) is 3.04. The molecule has 0 unspecified atom stereocenters. The van der Waals surface area contributed by atoms with E-state index < -0.39 is 0 Å². The van der Waals surface area contributed by atoms with Crippen LogP contribution in [0, 0.1) is 6.92 Å². The Morgan fingerprint density at radius 3 is 3.00 bits per heavy atom. The van der Waals surface area contributed by atoms with Gasteiger partial charge in [-0.3, -0.25) is 0 Å². The van der Waals surface area contributed by atoms with Crippen molar-refractivity contribution >= 4 is 33.7 Å². The average molecular weight is 314 g/mol. The number of rotatable bonds is 8. The highest BCUT2D eigenvalue weighted by Crippen LogP contribution is 2.36. The fourth-order valence-electron chi connectivity index (χ4n) is 1.69. The van der Waals surface area contributed by atoms with Crippen LogP contribution in [-0.4, -0.2) is 40.8 Å². The second-order valence-electron chi connectivity index (χ2n) is 4.14. The van der Waals surface area contributed by atoms with Gasteiger partial charge in [0.2, 0.25) is 0 Å². The van der Waals surface area contributed by atoms with Crippen LogP contribution in [-0.2, 0) is 4.74 Å². The number of aliphatic hydroxyl groups excluding tert-OH is 1. The predicted molar refractivity (Wildman–Crippen MR) is 83.4 cm³/mol. The maximum absolute atomic E-state index is 8.60. The van der Waals surface area contributed by atoms with Gasteiger partial charge in [-0.15, -0.1) is 11.3 Å². The summed E-state index contributed by atoms with van der Waals surface area (Å²) < 4.78 is 9.39. The van der Waals surface area contributed by atoms with Crippen LogP contribution in [0.25, 0.3) is 11.3 Å². The molecule has 0 atom stereocenters. The summed E-state index contributed by atoms with van der Waals surface area (Å²) >= 11 is 2.94. The summed E-state index contributed by atoms with van der Waals surface area (Å²) in [6, 6.07) is 0. The van der Waals surface area contributed by atoms with Gasteiger partial charge in [-0.05, 0) is 24.9 Å². The SMILES string of the molecule is Cc1nc(-c2c(N)nsc2NCCCOCCO)cs1. The number of aliphatic hydroxyl groups is 1. The van der Waals surface area contributed by atoms with E-state index in [9.17, 15) is 0 Å². The fraction of sp³-hybridized carbons (Fsp3) is 0.500. The third kappa shape index (κ3) is 3.89. The van der Waals surface area contributed by atoms with E-state index in [4.69, 9.17) is 15.6 Å². The van der Waals surface area contributed by atoms with E-state index in [-0.39, 0.29) is 6.61 Å². The van der Waals surface area contributed by atoms with Gasteiger partial charge in [0.25, 0.3) is 0 Å². The lowest BCUT2D eigenvalue weighted by Gasteiger charge is -2.06. The largest absolute Gasteiger partial charge is 0.394 e. The van der Waals surface area contributed by atoms with Crippen molar-refractivity contribution in [2.45, 2.75) is 13.3 Å². The van der Waals surface area contributed by atoms with E-state index in [1.54, 1.807) is 11.3 Å². The first-order valence-corrected chi connectivity index (χ1v) is 7.97. The number of aryl methyl sites for hydroxylation is 1. The van der Waals surface area contributed by atoms with Crippen LogP contribution in [0.3, 0.4) is 0 Å². The van der Waals surface area contributed by atoms with E-state index in [0.717, 1.165) is 34.2 Å². The molecule has 4 N–H and O–H groups in total. The number of hydrogen-bond donors (Lipinski definition) is 3. The number of ether oxygens (including phenoxy) is 1.